The Morgan fingerprint density at radius 2 is 2.00 bits per heavy atom. The van der Waals surface area contributed by atoms with Gasteiger partial charge in [0.05, 0.1) is 16.8 Å². The molecule has 7 heteroatoms. The van der Waals surface area contributed by atoms with E-state index in [0.29, 0.717) is 0 Å². The van der Waals surface area contributed by atoms with Gasteiger partial charge in [0.25, 0.3) is 0 Å². The molecule has 21 heavy (non-hydrogen) atoms. The number of urea groups is 1. The normalized spacial score (nSPS) is 11.0. The summed E-state index contributed by atoms with van der Waals surface area (Å²) in [5.74, 6) is -1.09. The van der Waals surface area contributed by atoms with Crippen molar-refractivity contribution in [3.05, 3.63) is 46.4 Å². The average molecular weight is 305 g/mol. The van der Waals surface area contributed by atoms with E-state index in [1.54, 1.807) is 24.4 Å². The summed E-state index contributed by atoms with van der Waals surface area (Å²) in [6.07, 6.45) is 1.67. The molecule has 0 radical (unpaired) electrons. The van der Waals surface area contributed by atoms with Gasteiger partial charge in [-0.3, -0.25) is 0 Å². The fourth-order valence-corrected chi connectivity index (χ4v) is 2.52. The van der Waals surface area contributed by atoms with E-state index in [0.717, 1.165) is 5.01 Å². The Morgan fingerprint density at radius 1 is 1.29 bits per heavy atom. The summed E-state index contributed by atoms with van der Waals surface area (Å²) in [4.78, 5) is 27.3. The van der Waals surface area contributed by atoms with Crippen molar-refractivity contribution in [2.45, 2.75) is 19.4 Å². The number of benzene rings is 1. The first kappa shape index (κ1) is 15.0. The monoisotopic (exact) mass is 305 g/mol. The molecule has 0 spiro atoms. The van der Waals surface area contributed by atoms with E-state index in [1.807, 2.05) is 19.2 Å². The third-order valence-corrected chi connectivity index (χ3v) is 3.90. The van der Waals surface area contributed by atoms with Crippen LogP contribution in [0, 0.1) is 0 Å². The van der Waals surface area contributed by atoms with E-state index in [4.69, 9.17) is 5.11 Å². The lowest BCUT2D eigenvalue weighted by atomic mass is 10.1. The first-order valence-corrected chi connectivity index (χ1v) is 7.09. The Hall–Kier alpha value is -2.41. The van der Waals surface area contributed by atoms with Gasteiger partial charge in [0, 0.05) is 11.6 Å². The van der Waals surface area contributed by atoms with Gasteiger partial charge < -0.3 is 15.7 Å². The van der Waals surface area contributed by atoms with E-state index < -0.39 is 17.5 Å². The van der Waals surface area contributed by atoms with Crippen molar-refractivity contribution in [1.82, 2.24) is 10.3 Å². The van der Waals surface area contributed by atoms with Crippen LogP contribution in [0.4, 0.5) is 10.5 Å². The minimum absolute atomic E-state index is 0.0414. The molecule has 0 fully saturated rings. The van der Waals surface area contributed by atoms with Gasteiger partial charge in [0.2, 0.25) is 0 Å². The Kier molecular flexibility index (Phi) is 4.23. The van der Waals surface area contributed by atoms with Crippen molar-refractivity contribution in [2.24, 2.45) is 0 Å². The van der Waals surface area contributed by atoms with Crippen LogP contribution in [-0.2, 0) is 5.54 Å². The lowest BCUT2D eigenvalue weighted by Gasteiger charge is -2.24. The van der Waals surface area contributed by atoms with Crippen LogP contribution < -0.4 is 10.6 Å². The molecule has 1 aromatic heterocycles. The highest BCUT2D eigenvalue weighted by molar-refractivity contribution is 7.09. The number of carboxylic acid groups (broad SMARTS) is 1. The first-order chi connectivity index (χ1) is 9.90. The van der Waals surface area contributed by atoms with Gasteiger partial charge in [-0.05, 0) is 26.0 Å². The molecule has 0 aliphatic rings. The number of amides is 2. The smallest absolute Gasteiger partial charge is 0.337 e. The number of carbonyl (C=O) groups is 2. The maximum atomic E-state index is 12.1. The summed E-state index contributed by atoms with van der Waals surface area (Å²) in [5.41, 5.74) is -0.353. The number of para-hydroxylation sites is 1. The summed E-state index contributed by atoms with van der Waals surface area (Å²) in [7, 11) is 0. The predicted octanol–water partition coefficient (Wildman–Crippen LogP) is 2.90. The molecule has 110 valence electrons. The molecule has 0 saturated heterocycles. The molecule has 2 rings (SSSR count). The van der Waals surface area contributed by atoms with Crippen molar-refractivity contribution in [3.63, 3.8) is 0 Å². The quantitative estimate of drug-likeness (QED) is 0.810. The van der Waals surface area contributed by atoms with Gasteiger partial charge in [-0.25, -0.2) is 14.6 Å². The van der Waals surface area contributed by atoms with Gasteiger partial charge in [-0.15, -0.1) is 11.3 Å². The number of hydrogen-bond acceptors (Lipinski definition) is 4. The Bertz CT molecular complexity index is 653. The molecular formula is C14H15N3O3S. The molecule has 3 N–H and O–H groups in total. The zero-order valence-electron chi connectivity index (χ0n) is 11.6. The fraction of sp³-hybridized carbons (Fsp3) is 0.214. The van der Waals surface area contributed by atoms with Gasteiger partial charge in [-0.2, -0.15) is 0 Å². The maximum absolute atomic E-state index is 12.1. The van der Waals surface area contributed by atoms with Crippen LogP contribution in [0.25, 0.3) is 0 Å². The van der Waals surface area contributed by atoms with Gasteiger partial charge in [-0.1, -0.05) is 12.1 Å². The average Bonchev–Trinajstić information content (AvgIpc) is 2.92. The van der Waals surface area contributed by atoms with Crippen LogP contribution in [-0.4, -0.2) is 22.1 Å². The zero-order valence-corrected chi connectivity index (χ0v) is 12.4. The summed E-state index contributed by atoms with van der Waals surface area (Å²) in [5, 5.41) is 17.0. The molecule has 0 aliphatic carbocycles. The fourth-order valence-electron chi connectivity index (χ4n) is 1.80. The number of aromatic nitrogens is 1. The lowest BCUT2D eigenvalue weighted by molar-refractivity contribution is 0.0698. The zero-order chi connectivity index (χ0) is 15.5. The van der Waals surface area contributed by atoms with Gasteiger partial charge >= 0.3 is 12.0 Å². The molecule has 6 nitrogen and oxygen atoms in total. The van der Waals surface area contributed by atoms with Crippen LogP contribution in [0.1, 0.15) is 29.2 Å². The summed E-state index contributed by atoms with van der Waals surface area (Å²) < 4.78 is 0. The summed E-state index contributed by atoms with van der Waals surface area (Å²) in [6, 6.07) is 5.76. The molecule has 0 bridgehead atoms. The largest absolute Gasteiger partial charge is 0.478 e. The number of carboxylic acids is 1. The molecule has 0 saturated carbocycles. The number of rotatable bonds is 4. The van der Waals surface area contributed by atoms with Crippen molar-refractivity contribution in [2.75, 3.05) is 5.32 Å². The molecule has 0 atom stereocenters. The van der Waals surface area contributed by atoms with Crippen LogP contribution in [0.5, 0.6) is 0 Å². The third kappa shape index (κ3) is 3.57. The molecule has 0 unspecified atom stereocenters. The molecule has 0 aliphatic heterocycles. The first-order valence-electron chi connectivity index (χ1n) is 6.21. The third-order valence-electron chi connectivity index (χ3n) is 2.80. The van der Waals surface area contributed by atoms with Crippen molar-refractivity contribution in [3.8, 4) is 0 Å². The van der Waals surface area contributed by atoms with E-state index in [-0.39, 0.29) is 11.3 Å². The highest BCUT2D eigenvalue weighted by atomic mass is 32.1. The summed E-state index contributed by atoms with van der Waals surface area (Å²) >= 11 is 1.44. The summed E-state index contributed by atoms with van der Waals surface area (Å²) in [6.45, 7) is 3.66. The van der Waals surface area contributed by atoms with E-state index in [1.165, 1.54) is 17.4 Å². The topological polar surface area (TPSA) is 91.3 Å². The Morgan fingerprint density at radius 3 is 2.62 bits per heavy atom. The van der Waals surface area contributed by atoms with Gasteiger partial charge in [0.15, 0.2) is 0 Å². The van der Waals surface area contributed by atoms with Crippen molar-refractivity contribution >= 4 is 29.0 Å². The number of thiazole rings is 1. The van der Waals surface area contributed by atoms with Crippen LogP contribution in [0.3, 0.4) is 0 Å². The molecule has 2 amide bonds. The molecular weight excluding hydrogens is 290 g/mol. The SMILES string of the molecule is CC(C)(NC(=O)Nc1ccccc1C(=O)O)c1nccs1. The molecule has 1 aromatic carbocycles. The minimum Gasteiger partial charge on any atom is -0.478 e. The van der Waals surface area contributed by atoms with Crippen molar-refractivity contribution < 1.29 is 14.7 Å². The minimum atomic E-state index is -1.09. The van der Waals surface area contributed by atoms with Crippen molar-refractivity contribution in [1.29, 1.82) is 0 Å². The maximum Gasteiger partial charge on any atom is 0.337 e. The van der Waals surface area contributed by atoms with Crippen LogP contribution in [0.2, 0.25) is 0 Å². The van der Waals surface area contributed by atoms with Gasteiger partial charge in [0.1, 0.15) is 5.01 Å². The predicted molar refractivity (Wildman–Crippen MR) is 80.7 cm³/mol. The van der Waals surface area contributed by atoms with E-state index >= 15 is 0 Å². The lowest BCUT2D eigenvalue weighted by Crippen LogP contribution is -2.43. The molecule has 1 heterocycles. The number of nitrogens with zero attached hydrogens (tertiary/aromatic N) is 1. The standard InChI is InChI=1S/C14H15N3O3S/c1-14(2,12-15-7-8-21-12)17-13(20)16-10-6-4-3-5-9(10)11(18)19/h3-8H,1-2H3,(H,18,19)(H2,16,17,20). The van der Waals surface area contributed by atoms with Crippen LogP contribution in [0.15, 0.2) is 35.8 Å². The number of carbonyl (C=O) groups excluding carboxylic acids is 1. The van der Waals surface area contributed by atoms with E-state index in [2.05, 4.69) is 15.6 Å². The number of hydrogen-bond donors (Lipinski definition) is 3. The second-order valence-electron chi connectivity index (χ2n) is 4.89. The number of anilines is 1. The molecule has 2 aromatic rings. The second-order valence-corrected chi connectivity index (χ2v) is 5.79. The Balaban J connectivity index is 2.11. The number of aromatic carboxylic acids is 1. The number of nitrogens with one attached hydrogen (secondary N) is 2. The van der Waals surface area contributed by atoms with E-state index in [9.17, 15) is 9.59 Å². The Labute approximate surface area is 125 Å². The highest BCUT2D eigenvalue weighted by Gasteiger charge is 2.25. The van der Waals surface area contributed by atoms with Crippen LogP contribution >= 0.6 is 11.3 Å². The highest BCUT2D eigenvalue weighted by Crippen LogP contribution is 2.22. The second kappa shape index (κ2) is 5.92.